The van der Waals surface area contributed by atoms with Crippen LogP contribution in [0.25, 0.3) is 44.2 Å². The number of ether oxygens (including phenoxy) is 2. The topological polar surface area (TPSA) is 34.8 Å². The van der Waals surface area contributed by atoms with E-state index in [2.05, 4.69) is 77.7 Å². The molecule has 2 aliphatic rings. The van der Waals surface area contributed by atoms with Crippen molar-refractivity contribution in [3.63, 3.8) is 0 Å². The summed E-state index contributed by atoms with van der Waals surface area (Å²) in [6.45, 7) is 0. The number of rotatable bonds is 2. The highest BCUT2D eigenvalue weighted by molar-refractivity contribution is 6.12. The summed E-state index contributed by atoms with van der Waals surface area (Å²) < 4.78 is 19.0. The Morgan fingerprint density at radius 1 is 0.450 bits per heavy atom. The van der Waals surface area contributed by atoms with Crippen molar-refractivity contribution in [2.45, 2.75) is 0 Å². The molecule has 1 aromatic heterocycles. The summed E-state index contributed by atoms with van der Waals surface area (Å²) in [5.41, 5.74) is 9.16. The molecule has 0 amide bonds. The van der Waals surface area contributed by atoms with Crippen molar-refractivity contribution in [1.82, 2.24) is 0 Å². The smallest absolute Gasteiger partial charge is 0.156 e. The van der Waals surface area contributed by atoms with Crippen LogP contribution in [0.2, 0.25) is 0 Å². The molecule has 40 heavy (non-hydrogen) atoms. The van der Waals surface area contributed by atoms with Crippen molar-refractivity contribution in [2.75, 3.05) is 4.90 Å². The maximum absolute atomic E-state index is 6.44. The zero-order valence-electron chi connectivity index (χ0n) is 21.3. The Hall–Kier alpha value is -5.48. The van der Waals surface area contributed by atoms with E-state index >= 15 is 0 Å². The SMILES string of the molecule is c1ccc2c(c1)Oc1cc(-c3ccc(-c4cccc5oc6ccccc6c45)cc3)cc3c1N2c1ccccc1O3. The van der Waals surface area contributed by atoms with Crippen molar-refractivity contribution in [3.05, 3.63) is 127 Å². The molecule has 0 atom stereocenters. The Balaban J connectivity index is 1.17. The largest absolute Gasteiger partial charge is 0.456 e. The van der Waals surface area contributed by atoms with Crippen molar-refractivity contribution in [1.29, 1.82) is 0 Å². The van der Waals surface area contributed by atoms with Gasteiger partial charge in [-0.2, -0.15) is 0 Å². The minimum absolute atomic E-state index is 0.777. The second-order valence-electron chi connectivity index (χ2n) is 10.2. The van der Waals surface area contributed by atoms with Crippen LogP contribution in [0, 0.1) is 0 Å². The first-order valence-electron chi connectivity index (χ1n) is 13.3. The van der Waals surface area contributed by atoms with Crippen LogP contribution in [0.1, 0.15) is 0 Å². The predicted octanol–water partition coefficient (Wildman–Crippen LogP) is 10.6. The van der Waals surface area contributed by atoms with E-state index in [-0.39, 0.29) is 0 Å². The van der Waals surface area contributed by atoms with Gasteiger partial charge < -0.3 is 13.9 Å². The van der Waals surface area contributed by atoms with Crippen molar-refractivity contribution in [3.8, 4) is 45.3 Å². The number of anilines is 3. The van der Waals surface area contributed by atoms with E-state index < -0.39 is 0 Å². The van der Waals surface area contributed by atoms with Gasteiger partial charge in [-0.1, -0.05) is 78.9 Å². The third kappa shape index (κ3) is 3.01. The molecule has 6 aromatic carbocycles. The summed E-state index contributed by atoms with van der Waals surface area (Å²) in [4.78, 5) is 2.24. The third-order valence-corrected chi connectivity index (χ3v) is 7.85. The predicted molar refractivity (Wildman–Crippen MR) is 159 cm³/mol. The highest BCUT2D eigenvalue weighted by Gasteiger charge is 2.34. The number of furan rings is 1. The summed E-state index contributed by atoms with van der Waals surface area (Å²) in [5, 5.41) is 2.27. The molecular formula is C36H21NO3. The zero-order valence-corrected chi connectivity index (χ0v) is 21.3. The number of hydrogen-bond donors (Lipinski definition) is 0. The quantitative estimate of drug-likeness (QED) is 0.229. The summed E-state index contributed by atoms with van der Waals surface area (Å²) in [7, 11) is 0. The van der Waals surface area contributed by atoms with Gasteiger partial charge in [0.2, 0.25) is 0 Å². The first kappa shape index (κ1) is 21.5. The van der Waals surface area contributed by atoms with E-state index in [1.165, 1.54) is 0 Å². The Labute approximate surface area is 230 Å². The second kappa shape index (κ2) is 8.01. The van der Waals surface area contributed by atoms with Crippen LogP contribution in [-0.2, 0) is 0 Å². The van der Waals surface area contributed by atoms with Crippen molar-refractivity contribution >= 4 is 39.0 Å². The van der Waals surface area contributed by atoms with Crippen LogP contribution in [0.15, 0.2) is 132 Å². The standard InChI is InChI=1S/C36H21NO3/c1-4-12-29-26(8-1)35-25(9-7-15-32(35)38-29)23-18-16-22(17-19-23)24-20-33-36-34(21-24)40-31-14-6-3-11-28(31)37(36)27-10-2-5-13-30(27)39-33/h1-21H. The lowest BCUT2D eigenvalue weighted by Gasteiger charge is -2.38. The fourth-order valence-electron chi connectivity index (χ4n) is 6.05. The van der Waals surface area contributed by atoms with Gasteiger partial charge in [0, 0.05) is 10.8 Å². The van der Waals surface area contributed by atoms with Crippen LogP contribution in [-0.4, -0.2) is 0 Å². The molecule has 7 aromatic rings. The summed E-state index contributed by atoms with van der Waals surface area (Å²) >= 11 is 0. The Bertz CT molecular complexity index is 2050. The lowest BCUT2D eigenvalue weighted by molar-refractivity contribution is 0.446. The van der Waals surface area contributed by atoms with Gasteiger partial charge in [0.1, 0.15) is 16.9 Å². The number of hydrogen-bond acceptors (Lipinski definition) is 4. The zero-order chi connectivity index (χ0) is 26.2. The molecule has 4 nitrogen and oxygen atoms in total. The van der Waals surface area contributed by atoms with E-state index in [0.29, 0.717) is 0 Å². The lowest BCUT2D eigenvalue weighted by atomic mass is 9.96. The van der Waals surface area contributed by atoms with Gasteiger partial charge in [-0.3, -0.25) is 4.90 Å². The van der Waals surface area contributed by atoms with Crippen LogP contribution >= 0.6 is 0 Å². The minimum Gasteiger partial charge on any atom is -0.456 e. The van der Waals surface area contributed by atoms with Gasteiger partial charge in [-0.15, -0.1) is 0 Å². The van der Waals surface area contributed by atoms with Crippen LogP contribution < -0.4 is 14.4 Å². The molecule has 188 valence electrons. The number of para-hydroxylation sites is 5. The van der Waals surface area contributed by atoms with Crippen LogP contribution in [0.5, 0.6) is 23.0 Å². The van der Waals surface area contributed by atoms with Crippen molar-refractivity contribution < 1.29 is 13.9 Å². The third-order valence-electron chi connectivity index (χ3n) is 7.85. The van der Waals surface area contributed by atoms with E-state index in [0.717, 1.165) is 84.3 Å². The van der Waals surface area contributed by atoms with Gasteiger partial charge in [0.15, 0.2) is 23.0 Å². The van der Waals surface area contributed by atoms with Crippen LogP contribution in [0.4, 0.5) is 17.1 Å². The van der Waals surface area contributed by atoms with Gasteiger partial charge >= 0.3 is 0 Å². The molecule has 4 heteroatoms. The number of fused-ring (bicyclic) bond motifs is 7. The first-order chi connectivity index (χ1) is 19.8. The molecule has 0 bridgehead atoms. The highest BCUT2D eigenvalue weighted by atomic mass is 16.5. The maximum atomic E-state index is 6.44. The van der Waals surface area contributed by atoms with Crippen LogP contribution in [0.3, 0.4) is 0 Å². The summed E-state index contributed by atoms with van der Waals surface area (Å²) in [5.74, 6) is 3.20. The molecule has 0 spiro atoms. The van der Waals surface area contributed by atoms with E-state index in [4.69, 9.17) is 13.9 Å². The molecule has 0 N–H and O–H groups in total. The van der Waals surface area contributed by atoms with E-state index in [1.807, 2.05) is 54.6 Å². The first-order valence-corrected chi connectivity index (χ1v) is 13.3. The average Bonchev–Trinajstić information content (AvgIpc) is 3.40. The van der Waals surface area contributed by atoms with E-state index in [9.17, 15) is 0 Å². The normalized spacial score (nSPS) is 12.8. The Kier molecular flexibility index (Phi) is 4.30. The maximum Gasteiger partial charge on any atom is 0.156 e. The van der Waals surface area contributed by atoms with Gasteiger partial charge in [-0.25, -0.2) is 0 Å². The van der Waals surface area contributed by atoms with Crippen molar-refractivity contribution in [2.24, 2.45) is 0 Å². The molecule has 2 aliphatic heterocycles. The number of nitrogens with zero attached hydrogens (tertiary/aromatic N) is 1. The summed E-state index contributed by atoms with van der Waals surface area (Å²) in [6, 6.07) is 43.6. The Morgan fingerprint density at radius 3 is 1.77 bits per heavy atom. The molecule has 0 saturated heterocycles. The average molecular weight is 516 g/mol. The van der Waals surface area contributed by atoms with Gasteiger partial charge in [0.05, 0.1) is 11.4 Å². The monoisotopic (exact) mass is 515 g/mol. The lowest BCUT2D eigenvalue weighted by Crippen LogP contribution is -2.20. The molecule has 0 fully saturated rings. The minimum atomic E-state index is 0.777. The molecule has 0 saturated carbocycles. The molecule has 0 aliphatic carbocycles. The van der Waals surface area contributed by atoms with Gasteiger partial charge in [0.25, 0.3) is 0 Å². The fourth-order valence-corrected chi connectivity index (χ4v) is 6.05. The van der Waals surface area contributed by atoms with Gasteiger partial charge in [-0.05, 0) is 70.8 Å². The molecule has 9 rings (SSSR count). The Morgan fingerprint density at radius 2 is 1.05 bits per heavy atom. The van der Waals surface area contributed by atoms with E-state index in [1.54, 1.807) is 0 Å². The fraction of sp³-hybridized carbons (Fsp3) is 0. The molecule has 0 unspecified atom stereocenters. The molecule has 0 radical (unpaired) electrons. The summed E-state index contributed by atoms with van der Waals surface area (Å²) in [6.07, 6.45) is 0. The highest BCUT2D eigenvalue weighted by Crippen LogP contribution is 2.60. The number of benzene rings is 6. The molecule has 3 heterocycles. The molecular weight excluding hydrogens is 494 g/mol. The second-order valence-corrected chi connectivity index (χ2v) is 10.2.